The zero-order valence-corrected chi connectivity index (χ0v) is 16.3. The number of hydrogen-bond donors (Lipinski definition) is 3. The number of aromatic hydroxyl groups is 1. The molecule has 9 nitrogen and oxygen atoms in total. The molecule has 4 rings (SSSR count). The number of amides is 1. The van der Waals surface area contributed by atoms with Crippen molar-refractivity contribution in [2.24, 2.45) is 10.2 Å². The van der Waals surface area contributed by atoms with E-state index in [-0.39, 0.29) is 28.4 Å². The van der Waals surface area contributed by atoms with Gasteiger partial charge in [0, 0.05) is 17.1 Å². The molecule has 0 aliphatic carbocycles. The molecule has 1 aromatic heterocycles. The lowest BCUT2D eigenvalue weighted by Gasteiger charge is -2.11. The third kappa shape index (κ3) is 3.90. The standard InChI is InChI=1S/C22H16N6O3/c1-31-16-7-4-6-15(10-16)25-22(30)18-9-13-5-2-3-8-17(13)19(20(18)29)26-28-21-14(11-23)12-24-27-21/h2-10,12,29H,1H3,(H,24,27)(H,25,30)/b28-26+. The van der Waals surface area contributed by atoms with Crippen LogP contribution in [0.1, 0.15) is 15.9 Å². The van der Waals surface area contributed by atoms with E-state index in [1.807, 2.05) is 12.1 Å². The van der Waals surface area contributed by atoms with Crippen molar-refractivity contribution in [3.8, 4) is 17.6 Å². The highest BCUT2D eigenvalue weighted by Gasteiger charge is 2.19. The molecule has 0 bridgehead atoms. The number of ether oxygens (including phenoxy) is 1. The average Bonchev–Trinajstić information content (AvgIpc) is 3.25. The molecule has 1 heterocycles. The Hall–Kier alpha value is -4.71. The van der Waals surface area contributed by atoms with Crippen molar-refractivity contribution >= 4 is 33.9 Å². The molecule has 1 amide bonds. The number of nitrogens with zero attached hydrogens (tertiary/aromatic N) is 4. The Morgan fingerprint density at radius 1 is 1.19 bits per heavy atom. The van der Waals surface area contributed by atoms with Gasteiger partial charge in [-0.15, -0.1) is 10.2 Å². The summed E-state index contributed by atoms with van der Waals surface area (Å²) in [6.07, 6.45) is 1.32. The number of carbonyl (C=O) groups excluding carboxylic acids is 1. The van der Waals surface area contributed by atoms with Crippen LogP contribution in [0.5, 0.6) is 11.5 Å². The van der Waals surface area contributed by atoms with Crippen LogP contribution in [-0.2, 0) is 0 Å². The fourth-order valence-electron chi connectivity index (χ4n) is 3.03. The van der Waals surface area contributed by atoms with E-state index in [4.69, 9.17) is 10.00 Å². The monoisotopic (exact) mass is 412 g/mol. The van der Waals surface area contributed by atoms with Gasteiger partial charge in [0.1, 0.15) is 23.1 Å². The second kappa shape index (κ2) is 8.34. The van der Waals surface area contributed by atoms with Crippen LogP contribution in [0, 0.1) is 11.3 Å². The average molecular weight is 412 g/mol. The van der Waals surface area contributed by atoms with Gasteiger partial charge in [0.05, 0.1) is 18.9 Å². The van der Waals surface area contributed by atoms with Crippen LogP contribution in [0.4, 0.5) is 17.2 Å². The van der Waals surface area contributed by atoms with Gasteiger partial charge < -0.3 is 15.2 Å². The first-order valence-electron chi connectivity index (χ1n) is 9.16. The Balaban J connectivity index is 1.77. The molecule has 0 unspecified atom stereocenters. The van der Waals surface area contributed by atoms with Gasteiger partial charge in [-0.2, -0.15) is 10.4 Å². The van der Waals surface area contributed by atoms with E-state index in [2.05, 4.69) is 25.7 Å². The summed E-state index contributed by atoms with van der Waals surface area (Å²) in [5.41, 5.74) is 0.851. The quantitative estimate of drug-likeness (QED) is 0.404. The number of azo groups is 1. The van der Waals surface area contributed by atoms with Gasteiger partial charge in [-0.3, -0.25) is 9.89 Å². The molecular formula is C22H16N6O3. The van der Waals surface area contributed by atoms with Crippen molar-refractivity contribution in [1.29, 1.82) is 5.26 Å². The van der Waals surface area contributed by atoms with Crippen LogP contribution >= 0.6 is 0 Å². The van der Waals surface area contributed by atoms with Crippen molar-refractivity contribution in [1.82, 2.24) is 10.2 Å². The van der Waals surface area contributed by atoms with E-state index in [1.165, 1.54) is 13.3 Å². The number of nitrogens with one attached hydrogen (secondary N) is 2. The summed E-state index contributed by atoms with van der Waals surface area (Å²) >= 11 is 0. The van der Waals surface area contributed by atoms with Gasteiger partial charge >= 0.3 is 0 Å². The Labute approximate surface area is 176 Å². The molecule has 0 radical (unpaired) electrons. The van der Waals surface area contributed by atoms with Crippen molar-refractivity contribution in [3.63, 3.8) is 0 Å². The first-order valence-corrected chi connectivity index (χ1v) is 9.16. The molecule has 152 valence electrons. The molecule has 0 saturated heterocycles. The van der Waals surface area contributed by atoms with Gasteiger partial charge in [0.2, 0.25) is 0 Å². The summed E-state index contributed by atoms with van der Waals surface area (Å²) in [5, 5.41) is 38.4. The first-order chi connectivity index (χ1) is 15.1. The summed E-state index contributed by atoms with van der Waals surface area (Å²) in [4.78, 5) is 12.9. The zero-order chi connectivity index (χ0) is 21.8. The molecule has 3 N–H and O–H groups in total. The van der Waals surface area contributed by atoms with Gasteiger partial charge in [-0.1, -0.05) is 30.3 Å². The molecule has 0 aliphatic heterocycles. The summed E-state index contributed by atoms with van der Waals surface area (Å²) in [7, 11) is 1.53. The van der Waals surface area contributed by atoms with Crippen molar-refractivity contribution in [2.45, 2.75) is 0 Å². The zero-order valence-electron chi connectivity index (χ0n) is 16.3. The summed E-state index contributed by atoms with van der Waals surface area (Å²) < 4.78 is 5.17. The van der Waals surface area contributed by atoms with E-state index in [9.17, 15) is 9.90 Å². The van der Waals surface area contributed by atoms with E-state index in [1.54, 1.807) is 48.5 Å². The number of anilines is 1. The maximum absolute atomic E-state index is 12.9. The fraction of sp³-hybridized carbons (Fsp3) is 0.0455. The Morgan fingerprint density at radius 3 is 2.84 bits per heavy atom. The number of aromatic amines is 1. The van der Waals surface area contributed by atoms with Gasteiger partial charge in [-0.05, 0) is 23.6 Å². The highest BCUT2D eigenvalue weighted by molar-refractivity contribution is 6.11. The minimum Gasteiger partial charge on any atom is -0.505 e. The summed E-state index contributed by atoms with van der Waals surface area (Å²) in [5.74, 6) is -0.117. The lowest BCUT2D eigenvalue weighted by Crippen LogP contribution is -2.12. The maximum atomic E-state index is 12.9. The molecule has 31 heavy (non-hydrogen) atoms. The van der Waals surface area contributed by atoms with Gasteiger partial charge in [0.25, 0.3) is 5.91 Å². The number of phenolic OH excluding ortho intramolecular Hbond substituents is 1. The van der Waals surface area contributed by atoms with Crippen LogP contribution < -0.4 is 10.1 Å². The number of carbonyl (C=O) groups is 1. The number of phenols is 1. The molecule has 0 saturated carbocycles. The van der Waals surface area contributed by atoms with Gasteiger partial charge in [-0.25, -0.2) is 0 Å². The van der Waals surface area contributed by atoms with Crippen LogP contribution in [0.2, 0.25) is 0 Å². The fourth-order valence-corrected chi connectivity index (χ4v) is 3.03. The molecular weight excluding hydrogens is 396 g/mol. The SMILES string of the molecule is COc1cccc(NC(=O)c2cc3ccccc3c(/N=N/c3[nH]ncc3C#N)c2O)c1. The largest absolute Gasteiger partial charge is 0.505 e. The van der Waals surface area contributed by atoms with E-state index < -0.39 is 5.91 Å². The first kappa shape index (κ1) is 19.6. The molecule has 0 atom stereocenters. The Kier molecular flexibility index (Phi) is 5.27. The molecule has 0 aliphatic rings. The normalized spacial score (nSPS) is 10.8. The molecule has 3 aromatic carbocycles. The maximum Gasteiger partial charge on any atom is 0.259 e. The number of methoxy groups -OCH3 is 1. The third-order valence-corrected chi connectivity index (χ3v) is 4.56. The minimum absolute atomic E-state index is 0.0283. The third-order valence-electron chi connectivity index (χ3n) is 4.56. The number of hydrogen-bond acceptors (Lipinski definition) is 7. The molecule has 0 fully saturated rings. The lowest BCUT2D eigenvalue weighted by molar-refractivity contribution is 0.102. The molecule has 0 spiro atoms. The number of benzene rings is 3. The van der Waals surface area contributed by atoms with E-state index in [0.29, 0.717) is 22.2 Å². The van der Waals surface area contributed by atoms with Crippen molar-refractivity contribution in [3.05, 3.63) is 71.9 Å². The minimum atomic E-state index is -0.521. The summed E-state index contributed by atoms with van der Waals surface area (Å²) in [6.45, 7) is 0. The van der Waals surface area contributed by atoms with Gasteiger partial charge in [0.15, 0.2) is 11.6 Å². The number of rotatable bonds is 5. The predicted octanol–water partition coefficient (Wildman–Crippen LogP) is 4.82. The number of aromatic nitrogens is 2. The smallest absolute Gasteiger partial charge is 0.259 e. The van der Waals surface area contributed by atoms with Crippen molar-refractivity contribution in [2.75, 3.05) is 12.4 Å². The lowest BCUT2D eigenvalue weighted by atomic mass is 10.0. The topological polar surface area (TPSA) is 136 Å². The predicted molar refractivity (Wildman–Crippen MR) is 114 cm³/mol. The Bertz CT molecular complexity index is 1350. The molecule has 9 heteroatoms. The van der Waals surface area contributed by atoms with Crippen molar-refractivity contribution < 1.29 is 14.6 Å². The highest BCUT2D eigenvalue weighted by Crippen LogP contribution is 2.39. The number of nitriles is 1. The van der Waals surface area contributed by atoms with Crippen LogP contribution in [0.25, 0.3) is 10.8 Å². The van der Waals surface area contributed by atoms with E-state index >= 15 is 0 Å². The second-order valence-electron chi connectivity index (χ2n) is 6.47. The van der Waals surface area contributed by atoms with Crippen LogP contribution in [0.3, 0.4) is 0 Å². The highest BCUT2D eigenvalue weighted by atomic mass is 16.5. The van der Waals surface area contributed by atoms with E-state index in [0.717, 1.165) is 0 Å². The number of fused-ring (bicyclic) bond motifs is 1. The van der Waals surface area contributed by atoms with Crippen LogP contribution in [0.15, 0.2) is 71.0 Å². The molecule has 4 aromatic rings. The second-order valence-corrected chi connectivity index (χ2v) is 6.47. The van der Waals surface area contributed by atoms with Crippen LogP contribution in [-0.4, -0.2) is 28.3 Å². The Morgan fingerprint density at radius 2 is 2.03 bits per heavy atom. The summed E-state index contributed by atoms with van der Waals surface area (Å²) in [6, 6.07) is 17.5. The number of H-pyrrole nitrogens is 1.